The summed E-state index contributed by atoms with van der Waals surface area (Å²) in [4.78, 5) is 24.0. The quantitative estimate of drug-likeness (QED) is 0.207. The molecule has 2 aliphatic heterocycles. The van der Waals surface area contributed by atoms with Crippen molar-refractivity contribution >= 4 is 35.8 Å². The summed E-state index contributed by atoms with van der Waals surface area (Å²) in [7, 11) is 0. The molecule has 0 spiro atoms. The molecule has 0 aromatic heterocycles. The average molecular weight is 537 g/mol. The second-order valence-corrected chi connectivity index (χ2v) is 8.37. The number of nitrogens with zero attached hydrogens (tertiary/aromatic N) is 4. The fraction of sp³-hybridized carbons (Fsp3) is 0.905. The zero-order valence-electron chi connectivity index (χ0n) is 18.7. The first-order chi connectivity index (χ1) is 14.2. The van der Waals surface area contributed by atoms with E-state index < -0.39 is 0 Å². The van der Waals surface area contributed by atoms with Gasteiger partial charge in [0.05, 0.1) is 19.8 Å². The van der Waals surface area contributed by atoms with Crippen molar-refractivity contribution in [1.82, 2.24) is 20.0 Å². The van der Waals surface area contributed by atoms with Crippen molar-refractivity contribution in [1.29, 1.82) is 0 Å². The lowest BCUT2D eigenvalue weighted by molar-refractivity contribution is -0.136. The largest absolute Gasteiger partial charge is 0.382 e. The van der Waals surface area contributed by atoms with Crippen molar-refractivity contribution in [2.45, 2.75) is 33.1 Å². The molecule has 1 N–H and O–H groups in total. The summed E-state index contributed by atoms with van der Waals surface area (Å²) in [5.74, 6) is 1.25. The molecule has 9 heteroatoms. The summed E-state index contributed by atoms with van der Waals surface area (Å²) in [6.45, 7) is 14.5. The van der Waals surface area contributed by atoms with Crippen molar-refractivity contribution in [3.63, 3.8) is 0 Å². The molecule has 0 bridgehead atoms. The van der Waals surface area contributed by atoms with Crippen LogP contribution >= 0.6 is 24.0 Å². The van der Waals surface area contributed by atoms with Crippen LogP contribution in [0.1, 0.15) is 33.1 Å². The van der Waals surface area contributed by atoms with Crippen LogP contribution < -0.4 is 5.32 Å². The maximum Gasteiger partial charge on any atom is 0.236 e. The standard InChI is InChI=1S/C21H39N5O3.HI/c1-3-22-20(23-18-21(5-6-21)7-14-28-4-2)26-10-8-24(9-11-26)17-19(27)25-12-15-29-16-13-25;/h3-18H2,1-2H3,(H,22,23);1H. The Labute approximate surface area is 198 Å². The molecule has 0 unspecified atom stereocenters. The minimum absolute atomic E-state index is 0. The van der Waals surface area contributed by atoms with Crippen LogP contribution in [0, 0.1) is 5.41 Å². The van der Waals surface area contributed by atoms with Gasteiger partial charge < -0.3 is 24.6 Å². The van der Waals surface area contributed by atoms with Gasteiger partial charge in [-0.25, -0.2) is 0 Å². The number of amides is 1. The van der Waals surface area contributed by atoms with E-state index in [1.54, 1.807) is 0 Å². The monoisotopic (exact) mass is 537 g/mol. The lowest BCUT2D eigenvalue weighted by Crippen LogP contribution is -2.55. The SMILES string of the molecule is CCNC(=NCC1(CCOCC)CC1)N1CCN(CC(=O)N2CCOCC2)CC1.I. The molecule has 8 nitrogen and oxygen atoms in total. The number of ether oxygens (including phenoxy) is 2. The first-order valence-corrected chi connectivity index (χ1v) is 11.3. The third-order valence-corrected chi connectivity index (χ3v) is 6.23. The molecule has 3 aliphatic rings. The summed E-state index contributed by atoms with van der Waals surface area (Å²) >= 11 is 0. The van der Waals surface area contributed by atoms with Crippen LogP contribution in [0.4, 0.5) is 0 Å². The van der Waals surface area contributed by atoms with E-state index in [0.717, 1.165) is 78.0 Å². The van der Waals surface area contributed by atoms with Gasteiger partial charge in [-0.3, -0.25) is 14.7 Å². The molecule has 0 atom stereocenters. The van der Waals surface area contributed by atoms with Crippen molar-refractivity contribution in [3.05, 3.63) is 0 Å². The summed E-state index contributed by atoms with van der Waals surface area (Å²) in [6, 6.07) is 0. The van der Waals surface area contributed by atoms with Crippen LogP contribution in [-0.2, 0) is 14.3 Å². The fourth-order valence-electron chi connectivity index (χ4n) is 3.99. The van der Waals surface area contributed by atoms with Crippen LogP contribution in [0.2, 0.25) is 0 Å². The molecule has 3 fully saturated rings. The highest BCUT2D eigenvalue weighted by molar-refractivity contribution is 14.0. The number of aliphatic imine (C=N–C) groups is 1. The van der Waals surface area contributed by atoms with Crippen molar-refractivity contribution in [2.75, 3.05) is 85.3 Å². The molecule has 30 heavy (non-hydrogen) atoms. The molecule has 174 valence electrons. The van der Waals surface area contributed by atoms with E-state index in [9.17, 15) is 4.79 Å². The third-order valence-electron chi connectivity index (χ3n) is 6.23. The van der Waals surface area contributed by atoms with Gasteiger partial charge in [-0.2, -0.15) is 0 Å². The van der Waals surface area contributed by atoms with Gasteiger partial charge in [0.15, 0.2) is 5.96 Å². The van der Waals surface area contributed by atoms with Crippen LogP contribution in [0.25, 0.3) is 0 Å². The Hall–Kier alpha value is -0.650. The smallest absolute Gasteiger partial charge is 0.236 e. The first kappa shape index (κ1) is 25.6. The zero-order chi connectivity index (χ0) is 20.5. The molecule has 0 aromatic rings. The summed E-state index contributed by atoms with van der Waals surface area (Å²) in [5.41, 5.74) is 0.363. The molecule has 0 radical (unpaired) electrons. The number of morpholine rings is 1. The van der Waals surface area contributed by atoms with E-state index in [0.29, 0.717) is 25.2 Å². The van der Waals surface area contributed by atoms with Gasteiger partial charge in [-0.15, -0.1) is 24.0 Å². The Morgan fingerprint density at radius 3 is 2.37 bits per heavy atom. The Kier molecular flexibility index (Phi) is 11.1. The Morgan fingerprint density at radius 1 is 1.07 bits per heavy atom. The summed E-state index contributed by atoms with van der Waals surface area (Å²) < 4.78 is 10.9. The predicted molar refractivity (Wildman–Crippen MR) is 130 cm³/mol. The zero-order valence-corrected chi connectivity index (χ0v) is 21.1. The normalized spacial score (nSPS) is 21.9. The Bertz CT molecular complexity index is 545. The van der Waals surface area contributed by atoms with Gasteiger partial charge in [-0.05, 0) is 38.5 Å². The van der Waals surface area contributed by atoms with E-state index in [4.69, 9.17) is 14.5 Å². The highest BCUT2D eigenvalue weighted by Crippen LogP contribution is 2.49. The summed E-state index contributed by atoms with van der Waals surface area (Å²) in [5, 5.41) is 3.46. The van der Waals surface area contributed by atoms with E-state index in [-0.39, 0.29) is 29.9 Å². The molecule has 0 aromatic carbocycles. The van der Waals surface area contributed by atoms with Gasteiger partial charge in [0, 0.05) is 65.6 Å². The maximum atomic E-state index is 12.5. The van der Waals surface area contributed by atoms with Gasteiger partial charge in [0.2, 0.25) is 5.91 Å². The van der Waals surface area contributed by atoms with Gasteiger partial charge in [-0.1, -0.05) is 0 Å². The number of rotatable bonds is 9. The van der Waals surface area contributed by atoms with E-state index in [1.165, 1.54) is 12.8 Å². The van der Waals surface area contributed by atoms with Gasteiger partial charge in [0.1, 0.15) is 0 Å². The number of carbonyl (C=O) groups is 1. The van der Waals surface area contributed by atoms with Crippen LogP contribution in [0.3, 0.4) is 0 Å². The number of carbonyl (C=O) groups excluding carboxylic acids is 1. The maximum absolute atomic E-state index is 12.5. The number of nitrogens with one attached hydrogen (secondary N) is 1. The lowest BCUT2D eigenvalue weighted by Gasteiger charge is -2.37. The molecule has 3 rings (SSSR count). The molecular formula is C21H40IN5O3. The van der Waals surface area contributed by atoms with E-state index >= 15 is 0 Å². The van der Waals surface area contributed by atoms with E-state index in [1.807, 2.05) is 4.90 Å². The number of hydrogen-bond donors (Lipinski definition) is 1. The van der Waals surface area contributed by atoms with E-state index in [2.05, 4.69) is 29.0 Å². The second kappa shape index (κ2) is 13.0. The number of hydrogen-bond acceptors (Lipinski definition) is 5. The van der Waals surface area contributed by atoms with Crippen LogP contribution in [0.15, 0.2) is 4.99 Å². The number of halogens is 1. The van der Waals surface area contributed by atoms with Crippen LogP contribution in [0.5, 0.6) is 0 Å². The molecule has 1 saturated carbocycles. The molecular weight excluding hydrogens is 497 g/mol. The Morgan fingerprint density at radius 2 is 1.77 bits per heavy atom. The topological polar surface area (TPSA) is 69.6 Å². The Balaban J connectivity index is 0.00000320. The molecule has 2 saturated heterocycles. The fourth-order valence-corrected chi connectivity index (χ4v) is 3.99. The van der Waals surface area contributed by atoms with Crippen LogP contribution in [-0.4, -0.2) is 112 Å². The van der Waals surface area contributed by atoms with Gasteiger partial charge >= 0.3 is 0 Å². The highest BCUT2D eigenvalue weighted by Gasteiger charge is 2.42. The third kappa shape index (κ3) is 7.80. The second-order valence-electron chi connectivity index (χ2n) is 8.37. The van der Waals surface area contributed by atoms with Crippen molar-refractivity contribution < 1.29 is 14.3 Å². The lowest BCUT2D eigenvalue weighted by atomic mass is 10.0. The minimum Gasteiger partial charge on any atom is -0.382 e. The molecule has 1 amide bonds. The minimum atomic E-state index is 0. The predicted octanol–water partition coefficient (Wildman–Crippen LogP) is 1.25. The number of guanidine groups is 1. The molecule has 1 aliphatic carbocycles. The van der Waals surface area contributed by atoms with Gasteiger partial charge in [0.25, 0.3) is 0 Å². The first-order valence-electron chi connectivity index (χ1n) is 11.3. The number of piperazine rings is 1. The molecule has 2 heterocycles. The highest BCUT2D eigenvalue weighted by atomic mass is 127. The average Bonchev–Trinajstić information content (AvgIpc) is 3.52. The van der Waals surface area contributed by atoms with Crippen molar-refractivity contribution in [2.24, 2.45) is 10.4 Å². The summed E-state index contributed by atoms with van der Waals surface area (Å²) in [6.07, 6.45) is 3.64. The van der Waals surface area contributed by atoms with Crippen molar-refractivity contribution in [3.8, 4) is 0 Å².